The number of aliphatic carboxylic acids is 1. The normalized spacial score (nSPS) is 11.8. The van der Waals surface area contributed by atoms with Gasteiger partial charge in [-0.2, -0.15) is 0 Å². The van der Waals surface area contributed by atoms with Gasteiger partial charge in [0.1, 0.15) is 12.6 Å². The van der Waals surface area contributed by atoms with Gasteiger partial charge in [-0.15, -0.1) is 6.58 Å². The van der Waals surface area contributed by atoms with Crippen LogP contribution in [0.5, 0.6) is 0 Å². The number of carbonyl (C=O) groups excluding carboxylic acids is 1. The van der Waals surface area contributed by atoms with Crippen LogP contribution in [0, 0.1) is 0 Å². The van der Waals surface area contributed by atoms with Crippen LogP contribution in [-0.4, -0.2) is 36.7 Å². The number of hydrogen-bond acceptors (Lipinski definition) is 3. The first-order chi connectivity index (χ1) is 8.61. The largest absolute Gasteiger partial charge is 0.480 e. The van der Waals surface area contributed by atoms with Crippen LogP contribution in [0.1, 0.15) is 38.5 Å². The van der Waals surface area contributed by atoms with Crippen LogP contribution in [0.3, 0.4) is 0 Å². The minimum Gasteiger partial charge on any atom is -0.480 e. The zero-order chi connectivity index (χ0) is 13.8. The first-order valence-electron chi connectivity index (χ1n) is 6.23. The van der Waals surface area contributed by atoms with Crippen molar-refractivity contribution in [3.8, 4) is 0 Å². The number of unbranched alkanes of at least 4 members (excludes halogenated alkanes) is 4. The van der Waals surface area contributed by atoms with Gasteiger partial charge in [0.05, 0.1) is 0 Å². The first-order valence-corrected chi connectivity index (χ1v) is 6.23. The lowest BCUT2D eigenvalue weighted by atomic mass is 10.1. The van der Waals surface area contributed by atoms with E-state index in [2.05, 4.69) is 16.6 Å². The predicted molar refractivity (Wildman–Crippen MR) is 69.3 cm³/mol. The van der Waals surface area contributed by atoms with Crippen molar-refractivity contribution in [3.05, 3.63) is 12.7 Å². The molecule has 1 atom stereocenters. The van der Waals surface area contributed by atoms with Crippen LogP contribution >= 0.6 is 0 Å². The molecule has 0 saturated carbocycles. The Morgan fingerprint density at radius 1 is 1.33 bits per heavy atom. The van der Waals surface area contributed by atoms with E-state index in [-0.39, 0.29) is 6.61 Å². The van der Waals surface area contributed by atoms with E-state index >= 15 is 0 Å². The highest BCUT2D eigenvalue weighted by atomic mass is 16.5. The van der Waals surface area contributed by atoms with Crippen molar-refractivity contribution in [3.63, 3.8) is 0 Å². The molecule has 0 aromatic rings. The monoisotopic (exact) mass is 257 g/mol. The Morgan fingerprint density at radius 3 is 2.56 bits per heavy atom. The van der Waals surface area contributed by atoms with E-state index in [1.54, 1.807) is 0 Å². The minimum absolute atomic E-state index is 0.108. The lowest BCUT2D eigenvalue weighted by Crippen LogP contribution is -2.42. The quantitative estimate of drug-likeness (QED) is 0.436. The molecule has 0 aliphatic rings. The number of allylic oxidation sites excluding steroid dienone is 1. The van der Waals surface area contributed by atoms with Gasteiger partial charge in [0.25, 0.3) is 0 Å². The topological polar surface area (TPSA) is 75.6 Å². The molecule has 0 spiro atoms. The summed E-state index contributed by atoms with van der Waals surface area (Å²) in [6.07, 6.45) is 7.23. The third-order valence-electron chi connectivity index (χ3n) is 2.56. The molecule has 0 radical (unpaired) electrons. The average molecular weight is 257 g/mol. The highest BCUT2D eigenvalue weighted by Crippen LogP contribution is 2.08. The van der Waals surface area contributed by atoms with Crippen molar-refractivity contribution < 1.29 is 19.4 Å². The number of carbonyl (C=O) groups is 2. The van der Waals surface area contributed by atoms with E-state index in [1.807, 2.05) is 6.08 Å². The summed E-state index contributed by atoms with van der Waals surface area (Å²) < 4.78 is 4.64. The number of carboxylic acids is 1. The van der Waals surface area contributed by atoms with Crippen LogP contribution < -0.4 is 5.32 Å². The zero-order valence-corrected chi connectivity index (χ0v) is 11.0. The molecule has 104 valence electrons. The second kappa shape index (κ2) is 10.8. The lowest BCUT2D eigenvalue weighted by Gasteiger charge is -2.13. The molecule has 5 heteroatoms. The van der Waals surface area contributed by atoms with Crippen molar-refractivity contribution in [1.29, 1.82) is 0 Å². The summed E-state index contributed by atoms with van der Waals surface area (Å²) in [6, 6.07) is -0.813. The molecule has 0 aliphatic heterocycles. The maximum Gasteiger partial charge on any atom is 0.326 e. The van der Waals surface area contributed by atoms with Crippen molar-refractivity contribution in [2.45, 2.75) is 44.6 Å². The molecule has 0 heterocycles. The Balaban J connectivity index is 3.80. The molecular formula is C13H23NO4. The number of rotatable bonds is 11. The molecule has 2 N–H and O–H groups in total. The van der Waals surface area contributed by atoms with Crippen LogP contribution in [0.2, 0.25) is 0 Å². The maximum absolute atomic E-state index is 11.2. The number of ether oxygens (including phenoxy) is 1. The van der Waals surface area contributed by atoms with Gasteiger partial charge in [0.15, 0.2) is 0 Å². The number of methoxy groups -OCH3 is 1. The average Bonchev–Trinajstić information content (AvgIpc) is 2.32. The van der Waals surface area contributed by atoms with Gasteiger partial charge in [0, 0.05) is 7.11 Å². The summed E-state index contributed by atoms with van der Waals surface area (Å²) in [5.41, 5.74) is 0. The highest BCUT2D eigenvalue weighted by Gasteiger charge is 2.18. The van der Waals surface area contributed by atoms with Crippen molar-refractivity contribution in [2.75, 3.05) is 13.7 Å². The molecule has 0 unspecified atom stereocenters. The van der Waals surface area contributed by atoms with E-state index in [1.165, 1.54) is 7.11 Å². The molecule has 0 fully saturated rings. The summed E-state index contributed by atoms with van der Waals surface area (Å²) in [7, 11) is 1.40. The Morgan fingerprint density at radius 2 is 2.00 bits per heavy atom. The molecule has 0 rings (SSSR count). The fourth-order valence-corrected chi connectivity index (χ4v) is 1.62. The highest BCUT2D eigenvalue weighted by molar-refractivity contribution is 5.84. The molecule has 0 aromatic heterocycles. The van der Waals surface area contributed by atoms with Gasteiger partial charge < -0.3 is 15.2 Å². The summed E-state index contributed by atoms with van der Waals surface area (Å²) in [4.78, 5) is 22.2. The van der Waals surface area contributed by atoms with E-state index in [0.29, 0.717) is 6.42 Å². The Bertz CT molecular complexity index is 266. The molecule has 1 amide bonds. The Hall–Kier alpha value is -1.36. The van der Waals surface area contributed by atoms with E-state index in [9.17, 15) is 9.59 Å². The summed E-state index contributed by atoms with van der Waals surface area (Å²) in [5.74, 6) is -1.39. The lowest BCUT2D eigenvalue weighted by molar-refractivity contribution is -0.142. The van der Waals surface area contributed by atoms with Gasteiger partial charge in [-0.3, -0.25) is 4.79 Å². The van der Waals surface area contributed by atoms with Gasteiger partial charge in [-0.05, 0) is 19.3 Å². The van der Waals surface area contributed by atoms with Gasteiger partial charge in [-0.25, -0.2) is 4.79 Å². The smallest absolute Gasteiger partial charge is 0.326 e. The van der Waals surface area contributed by atoms with Crippen molar-refractivity contribution >= 4 is 11.9 Å². The van der Waals surface area contributed by atoms with Crippen molar-refractivity contribution in [2.24, 2.45) is 0 Å². The van der Waals surface area contributed by atoms with Gasteiger partial charge in [-0.1, -0.05) is 25.3 Å². The fraction of sp³-hybridized carbons (Fsp3) is 0.692. The molecule has 0 saturated heterocycles. The second-order valence-electron chi connectivity index (χ2n) is 4.17. The Labute approximate surface area is 108 Å². The number of carboxylic acid groups (broad SMARTS) is 1. The molecule has 5 nitrogen and oxygen atoms in total. The van der Waals surface area contributed by atoms with Crippen LogP contribution in [-0.2, 0) is 14.3 Å². The SMILES string of the molecule is C=CCCCCCC[C@H](NC(=O)COC)C(=O)O. The van der Waals surface area contributed by atoms with Crippen LogP contribution in [0.4, 0.5) is 0 Å². The Kier molecular flexibility index (Phi) is 9.96. The van der Waals surface area contributed by atoms with Crippen LogP contribution in [0.25, 0.3) is 0 Å². The summed E-state index contributed by atoms with van der Waals surface area (Å²) in [5, 5.41) is 11.4. The standard InChI is InChI=1S/C13H23NO4/c1-3-4-5-6-7-8-9-11(13(16)17)14-12(15)10-18-2/h3,11H,1,4-10H2,2H3,(H,14,15)(H,16,17)/t11-/m0/s1. The number of nitrogens with one attached hydrogen (secondary N) is 1. The predicted octanol–water partition coefficient (Wildman–Crippen LogP) is 1.73. The third-order valence-corrected chi connectivity index (χ3v) is 2.56. The fourth-order valence-electron chi connectivity index (χ4n) is 1.62. The third kappa shape index (κ3) is 8.75. The van der Waals surface area contributed by atoms with E-state index in [4.69, 9.17) is 5.11 Å². The maximum atomic E-state index is 11.2. The van der Waals surface area contributed by atoms with Crippen LogP contribution in [0.15, 0.2) is 12.7 Å². The molecule has 0 aromatic carbocycles. The van der Waals surface area contributed by atoms with E-state index in [0.717, 1.165) is 32.1 Å². The zero-order valence-electron chi connectivity index (χ0n) is 11.0. The van der Waals surface area contributed by atoms with Crippen molar-refractivity contribution in [1.82, 2.24) is 5.32 Å². The number of hydrogen-bond donors (Lipinski definition) is 2. The van der Waals surface area contributed by atoms with E-state index < -0.39 is 17.9 Å². The molecule has 0 aliphatic carbocycles. The number of amides is 1. The minimum atomic E-state index is -0.995. The summed E-state index contributed by atoms with van der Waals surface area (Å²) >= 11 is 0. The molecular weight excluding hydrogens is 234 g/mol. The van der Waals surface area contributed by atoms with Gasteiger partial charge >= 0.3 is 5.97 Å². The van der Waals surface area contributed by atoms with Gasteiger partial charge in [0.2, 0.25) is 5.91 Å². The second-order valence-corrected chi connectivity index (χ2v) is 4.17. The summed E-state index contributed by atoms with van der Waals surface area (Å²) in [6.45, 7) is 3.53. The molecule has 18 heavy (non-hydrogen) atoms. The molecule has 0 bridgehead atoms. The first kappa shape index (κ1) is 16.6.